The maximum Gasteiger partial charge on any atom is 0.346 e. The average Bonchev–Trinajstić information content (AvgIpc) is 2.93. The van der Waals surface area contributed by atoms with Crippen LogP contribution in [0.3, 0.4) is 0 Å². The van der Waals surface area contributed by atoms with E-state index in [4.69, 9.17) is 8.37 Å². The summed E-state index contributed by atoms with van der Waals surface area (Å²) in [5.74, 6) is -0.628. The van der Waals surface area contributed by atoms with Gasteiger partial charge in [0.05, 0.1) is 19.6 Å². The molecule has 0 aliphatic carbocycles. The molecule has 0 saturated carbocycles. The lowest BCUT2D eigenvalue weighted by Gasteiger charge is -2.10. The van der Waals surface area contributed by atoms with E-state index in [1.54, 1.807) is 0 Å². The van der Waals surface area contributed by atoms with Crippen LogP contribution < -0.4 is 8.37 Å². The van der Waals surface area contributed by atoms with Crippen LogP contribution >= 0.6 is 0 Å². The third-order valence-electron chi connectivity index (χ3n) is 5.34. The minimum absolute atomic E-state index is 0.283. The lowest BCUT2D eigenvalue weighted by Crippen LogP contribution is -2.12. The number of sulfone groups is 1. The largest absolute Gasteiger partial charge is 0.379 e. The molecule has 0 unspecified atom stereocenters. The topological polar surface area (TPSA) is 207 Å². The first-order valence-corrected chi connectivity index (χ1v) is 15.3. The van der Waals surface area contributed by atoms with Crippen molar-refractivity contribution in [1.82, 2.24) is 0 Å². The van der Waals surface area contributed by atoms with Crippen LogP contribution in [0.2, 0.25) is 0 Å². The first-order valence-electron chi connectivity index (χ1n) is 11.0. The molecule has 0 fully saturated rings. The van der Waals surface area contributed by atoms with Gasteiger partial charge in [-0.3, -0.25) is 20.2 Å². The van der Waals surface area contributed by atoms with Crippen LogP contribution in [-0.2, 0) is 30.1 Å². The second-order valence-corrected chi connectivity index (χ2v) is 12.9. The number of para-hydroxylation sites is 2. The van der Waals surface area contributed by atoms with Gasteiger partial charge in [0.2, 0.25) is 9.84 Å². The molecule has 0 heterocycles. The van der Waals surface area contributed by atoms with Gasteiger partial charge in [0, 0.05) is 12.1 Å². The molecule has 0 radical (unpaired) electrons. The smallest absolute Gasteiger partial charge is 0.346 e. The first-order chi connectivity index (χ1) is 19.2. The van der Waals surface area contributed by atoms with Crippen LogP contribution in [0.25, 0.3) is 0 Å². The lowest BCUT2D eigenvalue weighted by molar-refractivity contribution is -0.388. The Hall–Kier alpha value is -4.87. The van der Waals surface area contributed by atoms with Gasteiger partial charge in [0.15, 0.2) is 9.79 Å². The Bertz CT molecular complexity index is 1840. The minimum Gasteiger partial charge on any atom is -0.379 e. The van der Waals surface area contributed by atoms with Gasteiger partial charge in [-0.15, -0.1) is 0 Å². The van der Waals surface area contributed by atoms with Crippen LogP contribution in [-0.4, -0.2) is 35.1 Å². The summed E-state index contributed by atoms with van der Waals surface area (Å²) in [5, 5.41) is 22.3. The molecular weight excluding hydrogens is 604 g/mol. The van der Waals surface area contributed by atoms with E-state index in [0.29, 0.717) is 0 Å². The Balaban J connectivity index is 1.53. The Morgan fingerprint density at radius 1 is 0.488 bits per heavy atom. The summed E-state index contributed by atoms with van der Waals surface area (Å²) in [6.45, 7) is 0. The predicted octanol–water partition coefficient (Wildman–Crippen LogP) is 3.87. The van der Waals surface area contributed by atoms with Gasteiger partial charge < -0.3 is 8.37 Å². The van der Waals surface area contributed by atoms with Crippen LogP contribution in [0.4, 0.5) is 11.4 Å². The molecule has 0 saturated heterocycles. The predicted molar refractivity (Wildman–Crippen MR) is 140 cm³/mol. The zero-order valence-corrected chi connectivity index (χ0v) is 22.7. The second-order valence-electron chi connectivity index (χ2n) is 7.97. The number of benzene rings is 4. The fourth-order valence-electron chi connectivity index (χ4n) is 3.47. The Labute approximate surface area is 232 Å². The molecule has 41 heavy (non-hydrogen) atoms. The third kappa shape index (κ3) is 6.16. The van der Waals surface area contributed by atoms with Crippen molar-refractivity contribution in [3.63, 3.8) is 0 Å². The van der Waals surface area contributed by atoms with E-state index in [0.717, 1.165) is 72.8 Å². The van der Waals surface area contributed by atoms with Gasteiger partial charge in [-0.2, -0.15) is 16.8 Å². The quantitative estimate of drug-likeness (QED) is 0.141. The highest BCUT2D eigenvalue weighted by molar-refractivity contribution is 7.91. The summed E-state index contributed by atoms with van der Waals surface area (Å²) in [5.41, 5.74) is -1.40. The number of nitro benzene ring substituents is 2. The highest BCUT2D eigenvalue weighted by atomic mass is 32.2. The number of rotatable bonds is 10. The molecular formula is C24H16N2O12S3. The second kappa shape index (κ2) is 11.0. The molecule has 17 heteroatoms. The average molecular weight is 621 g/mol. The van der Waals surface area contributed by atoms with Crippen LogP contribution in [0.15, 0.2) is 117 Å². The number of nitro groups is 2. The molecule has 14 nitrogen and oxygen atoms in total. The molecule has 0 aliphatic heterocycles. The third-order valence-corrected chi connectivity index (χ3v) is 9.72. The van der Waals surface area contributed by atoms with E-state index in [2.05, 4.69) is 0 Å². The maximum absolute atomic E-state index is 13.0. The molecule has 0 aromatic heterocycles. The van der Waals surface area contributed by atoms with Crippen molar-refractivity contribution >= 4 is 41.4 Å². The molecule has 4 rings (SSSR count). The van der Waals surface area contributed by atoms with E-state index >= 15 is 0 Å². The molecule has 0 atom stereocenters. The first kappa shape index (κ1) is 29.1. The molecule has 0 N–H and O–H groups in total. The summed E-state index contributed by atoms with van der Waals surface area (Å²) in [6, 6.07) is 17.4. The summed E-state index contributed by atoms with van der Waals surface area (Å²) in [4.78, 5) is 18.6. The van der Waals surface area contributed by atoms with E-state index in [1.807, 2.05) is 0 Å². The summed E-state index contributed by atoms with van der Waals surface area (Å²) < 4.78 is 86.2. The van der Waals surface area contributed by atoms with Gasteiger partial charge in [0.1, 0.15) is 11.5 Å². The summed E-state index contributed by atoms with van der Waals surface area (Å²) >= 11 is 0. The molecule has 0 spiro atoms. The fraction of sp³-hybridized carbons (Fsp3) is 0. The van der Waals surface area contributed by atoms with Crippen LogP contribution in [0.1, 0.15) is 0 Å². The zero-order valence-electron chi connectivity index (χ0n) is 20.3. The van der Waals surface area contributed by atoms with Crippen molar-refractivity contribution in [2.24, 2.45) is 0 Å². The van der Waals surface area contributed by atoms with E-state index in [9.17, 15) is 45.5 Å². The SMILES string of the molecule is O=[N+]([O-])c1ccccc1S(=O)(=O)Oc1ccc(S(=O)(=O)c2ccc(OS(=O)(=O)c3ccccc3[N+](=O)[O-])cc2)cc1. The molecule has 0 amide bonds. The van der Waals surface area contributed by atoms with Crippen molar-refractivity contribution in [1.29, 1.82) is 0 Å². The number of nitrogens with zero attached hydrogens (tertiary/aromatic N) is 2. The highest BCUT2D eigenvalue weighted by Gasteiger charge is 2.29. The fourth-order valence-corrected chi connectivity index (χ4v) is 6.92. The standard InChI is InChI=1S/C24H16N2O12S3/c27-25(28)21-5-1-3-7-23(21)40(33,34)37-17-9-13-19(14-10-17)39(31,32)20-15-11-18(12-16-20)38-41(35,36)24-8-4-2-6-22(24)26(29)30/h1-16H. The molecule has 0 bridgehead atoms. The monoisotopic (exact) mass is 620 g/mol. The van der Waals surface area contributed by atoms with Crippen molar-refractivity contribution in [3.05, 3.63) is 117 Å². The van der Waals surface area contributed by atoms with Gasteiger partial charge >= 0.3 is 20.2 Å². The molecule has 212 valence electrons. The van der Waals surface area contributed by atoms with Gasteiger partial charge in [-0.05, 0) is 60.7 Å². The highest BCUT2D eigenvalue weighted by Crippen LogP contribution is 2.30. The normalized spacial score (nSPS) is 11.9. The van der Waals surface area contributed by atoms with Crippen molar-refractivity contribution in [2.75, 3.05) is 0 Å². The van der Waals surface area contributed by atoms with E-state index < -0.39 is 61.1 Å². The molecule has 4 aromatic rings. The van der Waals surface area contributed by atoms with Crippen molar-refractivity contribution < 1.29 is 43.5 Å². The van der Waals surface area contributed by atoms with Crippen molar-refractivity contribution in [2.45, 2.75) is 19.6 Å². The minimum atomic E-state index is -4.63. The number of hydrogen-bond donors (Lipinski definition) is 0. The van der Waals surface area contributed by atoms with E-state index in [1.165, 1.54) is 24.3 Å². The zero-order chi connectivity index (χ0) is 30.0. The summed E-state index contributed by atoms with van der Waals surface area (Å²) in [6.07, 6.45) is 0. The van der Waals surface area contributed by atoms with Crippen molar-refractivity contribution in [3.8, 4) is 11.5 Å². The van der Waals surface area contributed by atoms with Crippen LogP contribution in [0, 0.1) is 20.2 Å². The van der Waals surface area contributed by atoms with Gasteiger partial charge in [0.25, 0.3) is 11.4 Å². The van der Waals surface area contributed by atoms with Gasteiger partial charge in [-0.1, -0.05) is 24.3 Å². The van der Waals surface area contributed by atoms with E-state index in [-0.39, 0.29) is 21.3 Å². The Morgan fingerprint density at radius 3 is 1.12 bits per heavy atom. The Morgan fingerprint density at radius 2 is 0.805 bits per heavy atom. The summed E-state index contributed by atoms with van der Waals surface area (Å²) in [7, 11) is -13.4. The maximum atomic E-state index is 13.0. The molecule has 4 aromatic carbocycles. The Kier molecular flexibility index (Phi) is 7.78. The van der Waals surface area contributed by atoms with Crippen LogP contribution in [0.5, 0.6) is 11.5 Å². The van der Waals surface area contributed by atoms with Gasteiger partial charge in [-0.25, -0.2) is 8.42 Å². The lowest BCUT2D eigenvalue weighted by atomic mass is 10.3. The molecule has 0 aliphatic rings. The number of hydrogen-bond acceptors (Lipinski definition) is 12.